The van der Waals surface area contributed by atoms with Crippen LogP contribution >= 0.6 is 11.6 Å². The zero-order valence-electron chi connectivity index (χ0n) is 11.0. The fourth-order valence-electron chi connectivity index (χ4n) is 1.66. The molecule has 1 amide bonds. The molecule has 116 valence electrons. The second-order valence-corrected chi connectivity index (χ2v) is 4.60. The topological polar surface area (TPSA) is 51.2 Å². The van der Waals surface area contributed by atoms with Gasteiger partial charge in [0.25, 0.3) is 5.91 Å². The van der Waals surface area contributed by atoms with Crippen LogP contribution in [0, 0.1) is 0 Å². The zero-order valence-corrected chi connectivity index (χ0v) is 11.8. The molecule has 0 aliphatic carbocycles. The molecule has 1 heterocycles. The molecular formula is C14H10ClF3N2O2. The van der Waals surface area contributed by atoms with E-state index in [0.717, 1.165) is 0 Å². The summed E-state index contributed by atoms with van der Waals surface area (Å²) in [5.74, 6) is -0.837. The summed E-state index contributed by atoms with van der Waals surface area (Å²) in [6.07, 6.45) is -3.52. The van der Waals surface area contributed by atoms with Crippen LogP contribution in [0.5, 0.6) is 5.75 Å². The summed E-state index contributed by atoms with van der Waals surface area (Å²) in [6, 6.07) is 8.48. The van der Waals surface area contributed by atoms with E-state index in [-0.39, 0.29) is 28.6 Å². The van der Waals surface area contributed by atoms with Gasteiger partial charge in [0.15, 0.2) is 0 Å². The van der Waals surface area contributed by atoms with Gasteiger partial charge < -0.3 is 10.1 Å². The van der Waals surface area contributed by atoms with Crippen molar-refractivity contribution in [3.63, 3.8) is 0 Å². The first-order chi connectivity index (χ1) is 10.3. The maximum Gasteiger partial charge on any atom is 0.573 e. The highest BCUT2D eigenvalue weighted by atomic mass is 35.5. The average Bonchev–Trinajstić information content (AvgIpc) is 2.45. The number of rotatable bonds is 4. The fourth-order valence-corrected chi connectivity index (χ4v) is 1.77. The van der Waals surface area contributed by atoms with Crippen LogP contribution in [0.25, 0.3) is 0 Å². The monoisotopic (exact) mass is 330 g/mol. The number of amides is 1. The quantitative estimate of drug-likeness (QED) is 0.872. The Morgan fingerprint density at radius 3 is 2.59 bits per heavy atom. The molecule has 1 aromatic heterocycles. The molecule has 0 radical (unpaired) electrons. The first-order valence-corrected chi connectivity index (χ1v) is 6.46. The van der Waals surface area contributed by atoms with Crippen molar-refractivity contribution in [1.82, 2.24) is 10.3 Å². The van der Waals surface area contributed by atoms with Crippen LogP contribution in [0.1, 0.15) is 15.9 Å². The number of halogens is 4. The van der Waals surface area contributed by atoms with Gasteiger partial charge in [0, 0.05) is 18.3 Å². The van der Waals surface area contributed by atoms with Gasteiger partial charge in [-0.1, -0.05) is 29.8 Å². The molecule has 0 aliphatic rings. The molecule has 0 unspecified atom stereocenters. The Morgan fingerprint density at radius 2 is 1.95 bits per heavy atom. The fraction of sp³-hybridized carbons (Fsp3) is 0.143. The molecule has 8 heteroatoms. The van der Waals surface area contributed by atoms with E-state index in [1.54, 1.807) is 6.07 Å². The predicted molar refractivity (Wildman–Crippen MR) is 73.5 cm³/mol. The summed E-state index contributed by atoms with van der Waals surface area (Å²) in [6.45, 7) is -0.117. The van der Waals surface area contributed by atoms with E-state index in [9.17, 15) is 18.0 Å². The largest absolute Gasteiger partial charge is 0.573 e. The number of para-hydroxylation sites is 1. The zero-order chi connectivity index (χ0) is 16.2. The number of carbonyl (C=O) groups is 1. The Balaban J connectivity index is 2.05. The minimum absolute atomic E-state index is 0.117. The maximum atomic E-state index is 12.3. The summed E-state index contributed by atoms with van der Waals surface area (Å²) < 4.78 is 40.8. The standard InChI is InChI=1S/C14H10ClF3N2O2/c15-12-6-5-10(8-19-12)13(21)20-7-9-3-1-2-4-11(9)22-14(16,17)18/h1-6,8H,7H2,(H,20,21). The van der Waals surface area contributed by atoms with Gasteiger partial charge in [-0.3, -0.25) is 4.79 Å². The number of alkyl halides is 3. The number of nitrogens with zero attached hydrogens (tertiary/aromatic N) is 1. The molecule has 0 saturated carbocycles. The lowest BCUT2D eigenvalue weighted by atomic mass is 10.2. The van der Waals surface area contributed by atoms with Gasteiger partial charge in [-0.25, -0.2) is 4.98 Å². The van der Waals surface area contributed by atoms with Crippen molar-refractivity contribution in [2.75, 3.05) is 0 Å². The third-order valence-electron chi connectivity index (χ3n) is 2.63. The van der Waals surface area contributed by atoms with Crippen LogP contribution in [0.15, 0.2) is 42.6 Å². The molecule has 1 N–H and O–H groups in total. The van der Waals surface area contributed by atoms with E-state index >= 15 is 0 Å². The lowest BCUT2D eigenvalue weighted by molar-refractivity contribution is -0.274. The number of ether oxygens (including phenoxy) is 1. The molecule has 0 saturated heterocycles. The number of carbonyl (C=O) groups excluding carboxylic acids is 1. The van der Waals surface area contributed by atoms with Crippen molar-refractivity contribution >= 4 is 17.5 Å². The molecule has 2 rings (SSSR count). The van der Waals surface area contributed by atoms with Crippen LogP contribution in [0.3, 0.4) is 0 Å². The van der Waals surface area contributed by atoms with Crippen molar-refractivity contribution < 1.29 is 22.7 Å². The van der Waals surface area contributed by atoms with Crippen molar-refractivity contribution in [3.8, 4) is 5.75 Å². The number of pyridine rings is 1. The average molecular weight is 331 g/mol. The van der Waals surface area contributed by atoms with Crippen LogP contribution < -0.4 is 10.1 Å². The highest BCUT2D eigenvalue weighted by Crippen LogP contribution is 2.26. The van der Waals surface area contributed by atoms with Crippen molar-refractivity contribution in [2.24, 2.45) is 0 Å². The van der Waals surface area contributed by atoms with E-state index in [1.165, 1.54) is 36.5 Å². The summed E-state index contributed by atoms with van der Waals surface area (Å²) in [5, 5.41) is 2.73. The summed E-state index contributed by atoms with van der Waals surface area (Å²) >= 11 is 5.61. The van der Waals surface area contributed by atoms with E-state index < -0.39 is 12.3 Å². The Labute approximate surface area is 128 Å². The van der Waals surface area contributed by atoms with E-state index in [0.29, 0.717) is 0 Å². The first-order valence-electron chi connectivity index (χ1n) is 6.08. The second kappa shape index (κ2) is 6.65. The minimum atomic E-state index is -4.79. The molecule has 0 bridgehead atoms. The van der Waals surface area contributed by atoms with Crippen LogP contribution in [-0.2, 0) is 6.54 Å². The van der Waals surface area contributed by atoms with Crippen LogP contribution in [-0.4, -0.2) is 17.3 Å². The number of nitrogens with one attached hydrogen (secondary N) is 1. The Kier molecular flexibility index (Phi) is 4.87. The molecule has 0 spiro atoms. The maximum absolute atomic E-state index is 12.3. The smallest absolute Gasteiger partial charge is 0.405 e. The normalized spacial score (nSPS) is 11.1. The van der Waals surface area contributed by atoms with Crippen molar-refractivity contribution in [3.05, 3.63) is 58.9 Å². The summed E-state index contributed by atoms with van der Waals surface area (Å²) in [5.41, 5.74) is 0.453. The predicted octanol–water partition coefficient (Wildman–Crippen LogP) is 3.56. The highest BCUT2D eigenvalue weighted by Gasteiger charge is 2.31. The molecule has 4 nitrogen and oxygen atoms in total. The van der Waals surface area contributed by atoms with Crippen LogP contribution in [0.2, 0.25) is 5.15 Å². The first kappa shape index (κ1) is 16.1. The molecule has 22 heavy (non-hydrogen) atoms. The van der Waals surface area contributed by atoms with E-state index in [2.05, 4.69) is 15.0 Å². The third kappa shape index (κ3) is 4.63. The highest BCUT2D eigenvalue weighted by molar-refractivity contribution is 6.29. The molecule has 1 aromatic carbocycles. The van der Waals surface area contributed by atoms with Gasteiger partial charge in [0.05, 0.1) is 5.56 Å². The lowest BCUT2D eigenvalue weighted by Crippen LogP contribution is -2.24. The number of benzene rings is 1. The van der Waals surface area contributed by atoms with Gasteiger partial charge in [-0.15, -0.1) is 13.2 Å². The van der Waals surface area contributed by atoms with Gasteiger partial charge in [-0.05, 0) is 18.2 Å². The third-order valence-corrected chi connectivity index (χ3v) is 2.85. The van der Waals surface area contributed by atoms with Crippen molar-refractivity contribution in [1.29, 1.82) is 0 Å². The Hall–Kier alpha value is -2.28. The van der Waals surface area contributed by atoms with E-state index in [4.69, 9.17) is 11.6 Å². The molecule has 2 aromatic rings. The van der Waals surface area contributed by atoms with Crippen molar-refractivity contribution in [2.45, 2.75) is 12.9 Å². The number of hydrogen-bond acceptors (Lipinski definition) is 3. The molecule has 0 aliphatic heterocycles. The Bertz CT molecular complexity index is 660. The second-order valence-electron chi connectivity index (χ2n) is 4.21. The van der Waals surface area contributed by atoms with E-state index in [1.807, 2.05) is 0 Å². The minimum Gasteiger partial charge on any atom is -0.405 e. The van der Waals surface area contributed by atoms with Gasteiger partial charge in [0.1, 0.15) is 10.9 Å². The van der Waals surface area contributed by atoms with Gasteiger partial charge in [-0.2, -0.15) is 0 Å². The molecule has 0 atom stereocenters. The number of hydrogen-bond donors (Lipinski definition) is 1. The van der Waals surface area contributed by atoms with Gasteiger partial charge >= 0.3 is 6.36 Å². The Morgan fingerprint density at radius 1 is 1.23 bits per heavy atom. The SMILES string of the molecule is O=C(NCc1ccccc1OC(F)(F)F)c1ccc(Cl)nc1. The van der Waals surface area contributed by atoms with Crippen LogP contribution in [0.4, 0.5) is 13.2 Å². The lowest BCUT2D eigenvalue weighted by Gasteiger charge is -2.13. The molecular weight excluding hydrogens is 321 g/mol. The summed E-state index contributed by atoms with van der Waals surface area (Å²) in [7, 11) is 0. The summed E-state index contributed by atoms with van der Waals surface area (Å²) in [4.78, 5) is 15.6. The van der Waals surface area contributed by atoms with Gasteiger partial charge in [0.2, 0.25) is 0 Å². The number of aromatic nitrogens is 1. The molecule has 0 fully saturated rings.